The van der Waals surface area contributed by atoms with Gasteiger partial charge in [-0.1, -0.05) is 11.6 Å². The van der Waals surface area contributed by atoms with Gasteiger partial charge in [0.25, 0.3) is 5.91 Å². The van der Waals surface area contributed by atoms with Crippen molar-refractivity contribution in [3.63, 3.8) is 0 Å². The quantitative estimate of drug-likeness (QED) is 0.869. The van der Waals surface area contributed by atoms with Crippen molar-refractivity contribution >= 4 is 27.5 Å². The van der Waals surface area contributed by atoms with Gasteiger partial charge in [0, 0.05) is 30.7 Å². The molecule has 126 valence electrons. The first-order valence-corrected chi connectivity index (χ1v) is 9.73. The predicted octanol–water partition coefficient (Wildman–Crippen LogP) is 1.54. The lowest BCUT2D eigenvalue weighted by Gasteiger charge is -2.36. The highest BCUT2D eigenvalue weighted by atomic mass is 35.5. The fourth-order valence-electron chi connectivity index (χ4n) is 3.40. The van der Waals surface area contributed by atoms with Gasteiger partial charge in [0.2, 0.25) is 10.0 Å². The summed E-state index contributed by atoms with van der Waals surface area (Å²) < 4.78 is 25.2. The number of phenolic OH excluding ortho intramolecular Hbond substituents is 1. The molecular formula is C15H19ClN2O4S. The Balaban J connectivity index is 1.88. The number of benzene rings is 1. The van der Waals surface area contributed by atoms with Crippen LogP contribution in [-0.2, 0) is 10.0 Å². The van der Waals surface area contributed by atoms with Crippen molar-refractivity contribution in [3.05, 3.63) is 28.8 Å². The third-order valence-electron chi connectivity index (χ3n) is 4.60. The van der Waals surface area contributed by atoms with Crippen molar-refractivity contribution in [3.8, 4) is 5.75 Å². The topological polar surface area (TPSA) is 77.9 Å². The number of rotatable bonds is 2. The summed E-state index contributed by atoms with van der Waals surface area (Å²) in [6.07, 6.45) is 2.89. The summed E-state index contributed by atoms with van der Waals surface area (Å²) in [4.78, 5) is 14.5. The minimum Gasteiger partial charge on any atom is -0.507 e. The van der Waals surface area contributed by atoms with Crippen molar-refractivity contribution in [1.82, 2.24) is 9.21 Å². The lowest BCUT2D eigenvalue weighted by molar-refractivity contribution is 0.0586. The number of halogens is 1. The van der Waals surface area contributed by atoms with E-state index in [2.05, 4.69) is 0 Å². The molecule has 0 aromatic heterocycles. The van der Waals surface area contributed by atoms with Crippen LogP contribution in [-0.4, -0.2) is 60.6 Å². The number of amides is 1. The molecule has 0 unspecified atom stereocenters. The molecule has 2 bridgehead atoms. The number of piperidine rings is 1. The summed E-state index contributed by atoms with van der Waals surface area (Å²) in [6.45, 7) is 1.28. The molecule has 0 saturated carbocycles. The van der Waals surface area contributed by atoms with Crippen LogP contribution in [0.15, 0.2) is 18.2 Å². The van der Waals surface area contributed by atoms with Gasteiger partial charge >= 0.3 is 0 Å². The van der Waals surface area contributed by atoms with Crippen LogP contribution in [0.2, 0.25) is 5.02 Å². The summed E-state index contributed by atoms with van der Waals surface area (Å²) in [6, 6.07) is 4.25. The zero-order valence-electron chi connectivity index (χ0n) is 12.8. The summed E-state index contributed by atoms with van der Waals surface area (Å²) in [5, 5.41) is 10.3. The Hall–Kier alpha value is -1.31. The molecule has 3 heterocycles. The molecule has 3 aliphatic rings. The van der Waals surface area contributed by atoms with Crippen LogP contribution in [0, 0.1) is 5.92 Å². The Labute approximate surface area is 140 Å². The maximum absolute atomic E-state index is 12.8. The summed E-state index contributed by atoms with van der Waals surface area (Å²) >= 11 is 5.81. The average Bonchev–Trinajstić information content (AvgIpc) is 2.78. The highest BCUT2D eigenvalue weighted by Gasteiger charge is 2.40. The lowest BCUT2D eigenvalue weighted by Crippen LogP contribution is -2.47. The molecule has 6 nitrogen and oxygen atoms in total. The summed E-state index contributed by atoms with van der Waals surface area (Å²) in [5.74, 6) is -0.298. The fourth-order valence-corrected chi connectivity index (χ4v) is 4.49. The Bertz CT molecular complexity index is 737. The van der Waals surface area contributed by atoms with Gasteiger partial charge in [-0.2, -0.15) is 4.31 Å². The largest absolute Gasteiger partial charge is 0.507 e. The van der Waals surface area contributed by atoms with E-state index in [9.17, 15) is 18.3 Å². The first-order valence-electron chi connectivity index (χ1n) is 7.50. The van der Waals surface area contributed by atoms with E-state index in [4.69, 9.17) is 11.6 Å². The van der Waals surface area contributed by atoms with Crippen LogP contribution >= 0.6 is 11.6 Å². The first kappa shape index (κ1) is 16.5. The van der Waals surface area contributed by atoms with Gasteiger partial charge in [0.15, 0.2) is 0 Å². The van der Waals surface area contributed by atoms with Crippen LogP contribution in [0.5, 0.6) is 5.75 Å². The van der Waals surface area contributed by atoms with E-state index in [0.717, 1.165) is 12.8 Å². The molecule has 0 aliphatic carbocycles. The van der Waals surface area contributed by atoms with Crippen molar-refractivity contribution in [2.24, 2.45) is 5.92 Å². The molecule has 1 aromatic rings. The minimum absolute atomic E-state index is 0.127. The second-order valence-corrected chi connectivity index (χ2v) is 8.72. The third kappa shape index (κ3) is 3.32. The lowest BCUT2D eigenvalue weighted by atomic mass is 9.94. The average molecular weight is 359 g/mol. The van der Waals surface area contributed by atoms with Crippen LogP contribution in [0.25, 0.3) is 0 Å². The van der Waals surface area contributed by atoms with E-state index < -0.39 is 10.0 Å². The van der Waals surface area contributed by atoms with E-state index in [-0.39, 0.29) is 29.2 Å². The molecule has 3 saturated heterocycles. The number of hydrogen-bond acceptors (Lipinski definition) is 4. The Morgan fingerprint density at radius 3 is 2.65 bits per heavy atom. The van der Waals surface area contributed by atoms with Crippen molar-refractivity contribution < 1.29 is 18.3 Å². The molecule has 3 aliphatic heterocycles. The molecule has 0 spiro atoms. The minimum atomic E-state index is -3.27. The zero-order chi connectivity index (χ0) is 16.8. The second kappa shape index (κ2) is 5.96. The SMILES string of the molecule is CS(=O)(=O)N1C[C@@H]2CC[C@H](C1)N(C(=O)c1ccc(Cl)cc1O)C2. The molecule has 1 N–H and O–H groups in total. The van der Waals surface area contributed by atoms with Gasteiger partial charge in [-0.15, -0.1) is 0 Å². The fraction of sp³-hybridized carbons (Fsp3) is 0.533. The first-order chi connectivity index (χ1) is 10.8. The van der Waals surface area contributed by atoms with E-state index in [1.165, 1.54) is 22.7 Å². The van der Waals surface area contributed by atoms with Crippen LogP contribution in [0.1, 0.15) is 23.2 Å². The number of fused-ring (bicyclic) bond motifs is 4. The molecular weight excluding hydrogens is 340 g/mol. The maximum atomic E-state index is 12.8. The summed E-state index contributed by atoms with van der Waals surface area (Å²) in [7, 11) is -3.27. The van der Waals surface area contributed by atoms with Crippen LogP contribution in [0.3, 0.4) is 0 Å². The molecule has 3 fully saturated rings. The number of nitrogens with zero attached hydrogens (tertiary/aromatic N) is 2. The van der Waals surface area contributed by atoms with E-state index in [0.29, 0.717) is 24.7 Å². The third-order valence-corrected chi connectivity index (χ3v) is 6.07. The molecule has 4 rings (SSSR count). The second-order valence-electron chi connectivity index (χ2n) is 6.30. The van der Waals surface area contributed by atoms with Gasteiger partial charge in [0.1, 0.15) is 5.75 Å². The highest BCUT2D eigenvalue weighted by Crippen LogP contribution is 2.32. The summed E-state index contributed by atoms with van der Waals surface area (Å²) in [5.41, 5.74) is 0.202. The standard InChI is InChI=1S/C15H19ClN2O4S/c1-23(21,22)17-7-10-2-4-12(9-17)18(8-10)15(20)13-5-3-11(16)6-14(13)19/h3,5-6,10,12,19H,2,4,7-9H2,1H3/t10-,12+/m0/s1. The monoisotopic (exact) mass is 358 g/mol. The molecule has 23 heavy (non-hydrogen) atoms. The van der Waals surface area contributed by atoms with Crippen molar-refractivity contribution in [1.29, 1.82) is 0 Å². The number of phenols is 1. The van der Waals surface area contributed by atoms with Crippen LogP contribution < -0.4 is 0 Å². The Morgan fingerprint density at radius 2 is 2.00 bits per heavy atom. The predicted molar refractivity (Wildman–Crippen MR) is 87.1 cm³/mol. The van der Waals surface area contributed by atoms with Gasteiger partial charge in [-0.05, 0) is 37.0 Å². The number of carbonyl (C=O) groups is 1. The van der Waals surface area contributed by atoms with Crippen LogP contribution in [0.4, 0.5) is 0 Å². The number of sulfonamides is 1. The number of hydrogen-bond donors (Lipinski definition) is 1. The van der Waals surface area contributed by atoms with Gasteiger partial charge in [-0.25, -0.2) is 8.42 Å². The molecule has 0 radical (unpaired) electrons. The van der Waals surface area contributed by atoms with E-state index >= 15 is 0 Å². The number of aromatic hydroxyl groups is 1. The smallest absolute Gasteiger partial charge is 0.257 e. The highest BCUT2D eigenvalue weighted by molar-refractivity contribution is 7.88. The van der Waals surface area contributed by atoms with Gasteiger partial charge in [-0.3, -0.25) is 4.79 Å². The van der Waals surface area contributed by atoms with Gasteiger partial charge < -0.3 is 10.0 Å². The van der Waals surface area contributed by atoms with Gasteiger partial charge in [0.05, 0.1) is 11.8 Å². The van der Waals surface area contributed by atoms with E-state index in [1.807, 2.05) is 0 Å². The van der Waals surface area contributed by atoms with E-state index in [1.54, 1.807) is 11.0 Å². The van der Waals surface area contributed by atoms with Crippen molar-refractivity contribution in [2.45, 2.75) is 18.9 Å². The molecule has 1 aromatic carbocycles. The number of carbonyl (C=O) groups excluding carboxylic acids is 1. The van der Waals surface area contributed by atoms with Crippen molar-refractivity contribution in [2.75, 3.05) is 25.9 Å². The zero-order valence-corrected chi connectivity index (χ0v) is 14.3. The molecule has 1 amide bonds. The Morgan fingerprint density at radius 1 is 1.26 bits per heavy atom. The normalized spacial score (nSPS) is 25.4. The maximum Gasteiger partial charge on any atom is 0.257 e. The molecule has 8 heteroatoms. The molecule has 2 atom stereocenters. The Kier molecular flexibility index (Phi) is 4.29.